The molecule has 0 aliphatic carbocycles. The van der Waals surface area contributed by atoms with Gasteiger partial charge >= 0.3 is 18.2 Å². The van der Waals surface area contributed by atoms with E-state index in [1.807, 2.05) is 0 Å². The van der Waals surface area contributed by atoms with Crippen molar-refractivity contribution in [2.75, 3.05) is 31.1 Å². The van der Waals surface area contributed by atoms with Crippen LogP contribution in [0.1, 0.15) is 19.3 Å². The Morgan fingerprint density at radius 2 is 1.67 bits per heavy atom. The molecule has 0 saturated carbocycles. The molecule has 0 N–H and O–H groups in total. The van der Waals surface area contributed by atoms with Gasteiger partial charge < -0.3 is 14.5 Å². The lowest BCUT2D eigenvalue weighted by atomic mass is 9.88. The first-order chi connectivity index (χ1) is 12.5. The van der Waals surface area contributed by atoms with E-state index in [0.717, 1.165) is 17.0 Å². The average molecular weight is 396 g/mol. The quantitative estimate of drug-likeness (QED) is 0.733. The molecule has 4 nitrogen and oxygen atoms in total. The summed E-state index contributed by atoms with van der Waals surface area (Å²) < 4.78 is 83.4. The first-order valence-corrected chi connectivity index (χ1v) is 8.44. The Hall–Kier alpha value is -1.81. The summed E-state index contributed by atoms with van der Waals surface area (Å²) in [7, 11) is 0. The predicted molar refractivity (Wildman–Crippen MR) is 83.9 cm³/mol. The number of morpholine rings is 1. The largest absolute Gasteiger partial charge is 0.437 e. The monoisotopic (exact) mass is 396 g/mol. The zero-order valence-electron chi connectivity index (χ0n) is 14.2. The molecule has 1 aromatic carbocycles. The van der Waals surface area contributed by atoms with Crippen LogP contribution in [-0.4, -0.2) is 54.9 Å². The highest BCUT2D eigenvalue weighted by Gasteiger charge is 2.57. The third-order valence-electron chi connectivity index (χ3n) is 4.90. The molecule has 2 aliphatic heterocycles. The van der Waals surface area contributed by atoms with Crippen LogP contribution in [0.2, 0.25) is 0 Å². The molecule has 1 spiro atoms. The van der Waals surface area contributed by atoms with Crippen LogP contribution < -0.4 is 4.90 Å². The summed E-state index contributed by atoms with van der Waals surface area (Å²) in [4.78, 5) is 14.5. The number of halogens is 6. The fourth-order valence-electron chi connectivity index (χ4n) is 3.42. The number of amides is 1. The van der Waals surface area contributed by atoms with Crippen LogP contribution in [0.25, 0.3) is 0 Å². The zero-order valence-corrected chi connectivity index (χ0v) is 14.2. The van der Waals surface area contributed by atoms with E-state index >= 15 is 0 Å². The van der Waals surface area contributed by atoms with Gasteiger partial charge in [0.1, 0.15) is 5.82 Å². The zero-order chi connectivity index (χ0) is 19.9. The molecule has 3 rings (SSSR count). The number of carbonyl (C=O) groups excluding carboxylic acids is 1. The van der Waals surface area contributed by atoms with Crippen molar-refractivity contribution in [3.8, 4) is 0 Å². The van der Waals surface area contributed by atoms with Gasteiger partial charge in [-0.1, -0.05) is 0 Å². The lowest BCUT2D eigenvalue weighted by molar-refractivity contribution is -0.293. The Bertz CT molecular complexity index is 684. The van der Waals surface area contributed by atoms with Gasteiger partial charge in [0.05, 0.1) is 18.6 Å². The summed E-state index contributed by atoms with van der Waals surface area (Å²) >= 11 is 0. The molecule has 2 aliphatic rings. The highest BCUT2D eigenvalue weighted by atomic mass is 19.4. The number of likely N-dealkylation sites (tertiary alicyclic amines) is 1. The van der Waals surface area contributed by atoms with Crippen LogP contribution >= 0.6 is 0 Å². The van der Waals surface area contributed by atoms with Crippen molar-refractivity contribution in [1.82, 2.24) is 4.90 Å². The molecular weight excluding hydrogens is 378 g/mol. The molecule has 0 bridgehead atoms. The highest BCUT2D eigenvalue weighted by Crippen LogP contribution is 2.40. The maximum Gasteiger partial charge on any atom is 0.437 e. The van der Waals surface area contributed by atoms with Gasteiger partial charge in [0.15, 0.2) is 0 Å². The Labute approximate surface area is 151 Å². The molecule has 10 heteroatoms. The van der Waals surface area contributed by atoms with Gasteiger partial charge in [-0.3, -0.25) is 4.79 Å². The molecule has 2 fully saturated rings. The van der Waals surface area contributed by atoms with Gasteiger partial charge in [0.2, 0.25) is 0 Å². The van der Waals surface area contributed by atoms with E-state index in [1.165, 1.54) is 12.1 Å². The first-order valence-electron chi connectivity index (χ1n) is 8.44. The molecule has 150 valence electrons. The predicted octanol–water partition coefficient (Wildman–Crippen LogP) is 3.57. The average Bonchev–Trinajstić information content (AvgIpc) is 2.58. The number of piperidine rings is 1. The number of benzene rings is 1. The second-order valence-electron chi connectivity index (χ2n) is 6.88. The van der Waals surface area contributed by atoms with Crippen molar-refractivity contribution in [1.29, 1.82) is 0 Å². The van der Waals surface area contributed by atoms with Gasteiger partial charge in [0.25, 0.3) is 0 Å². The maximum absolute atomic E-state index is 14.2. The number of alkyl halides is 5. The van der Waals surface area contributed by atoms with E-state index in [1.54, 1.807) is 4.90 Å². The molecule has 0 atom stereocenters. The Balaban J connectivity index is 1.73. The van der Waals surface area contributed by atoms with Crippen molar-refractivity contribution in [3.05, 3.63) is 30.1 Å². The SMILES string of the molecule is O=C1N(c2ccc(F)cc2)CC2(CCN(CCC(F)(F)F)CC2)OC1(F)F. The summed E-state index contributed by atoms with van der Waals surface area (Å²) in [6.07, 6.45) is -9.19. The van der Waals surface area contributed by atoms with Crippen LogP contribution in [0.15, 0.2) is 24.3 Å². The van der Waals surface area contributed by atoms with E-state index in [2.05, 4.69) is 0 Å². The number of nitrogens with zero attached hydrogens (tertiary/aromatic N) is 2. The van der Waals surface area contributed by atoms with E-state index in [9.17, 15) is 31.1 Å². The number of anilines is 1. The van der Waals surface area contributed by atoms with Gasteiger partial charge in [-0.05, 0) is 37.1 Å². The van der Waals surface area contributed by atoms with Crippen molar-refractivity contribution in [3.63, 3.8) is 0 Å². The summed E-state index contributed by atoms with van der Waals surface area (Å²) in [5.74, 6) is -2.11. The number of rotatable bonds is 3. The molecular formula is C17H18F6N2O2. The van der Waals surface area contributed by atoms with Crippen LogP contribution in [0, 0.1) is 5.82 Å². The fourth-order valence-corrected chi connectivity index (χ4v) is 3.42. The van der Waals surface area contributed by atoms with E-state index < -0.39 is 36.0 Å². The number of ether oxygens (including phenoxy) is 1. The summed E-state index contributed by atoms with van der Waals surface area (Å²) in [6.45, 7) is -0.0774. The minimum absolute atomic E-state index is 0.0609. The van der Waals surface area contributed by atoms with Crippen LogP contribution in [0.4, 0.5) is 32.0 Å². The Morgan fingerprint density at radius 3 is 2.22 bits per heavy atom. The Kier molecular flexibility index (Phi) is 5.15. The van der Waals surface area contributed by atoms with E-state index in [4.69, 9.17) is 4.74 Å². The topological polar surface area (TPSA) is 32.8 Å². The number of hydrogen-bond donors (Lipinski definition) is 0. The third kappa shape index (κ3) is 4.55. The van der Waals surface area contributed by atoms with Crippen molar-refractivity contribution in [2.45, 2.75) is 37.1 Å². The van der Waals surface area contributed by atoms with Crippen LogP contribution in [0.5, 0.6) is 0 Å². The molecule has 1 amide bonds. The summed E-state index contributed by atoms with van der Waals surface area (Å²) in [5.41, 5.74) is -1.25. The van der Waals surface area contributed by atoms with Crippen molar-refractivity contribution >= 4 is 11.6 Å². The van der Waals surface area contributed by atoms with Gasteiger partial charge in [-0.15, -0.1) is 0 Å². The standard InChI is InChI=1S/C17H18F6N2O2/c18-12-1-3-13(4-2-12)25-11-15(27-17(22,23)14(25)26)5-8-24(9-6-15)10-7-16(19,20)21/h1-4H,5-11H2. The van der Waals surface area contributed by atoms with Crippen molar-refractivity contribution in [2.24, 2.45) is 0 Å². The van der Waals surface area contributed by atoms with Crippen molar-refractivity contribution < 1.29 is 35.9 Å². The molecule has 0 unspecified atom stereocenters. The minimum atomic E-state index is -4.28. The van der Waals surface area contributed by atoms with Gasteiger partial charge in [-0.2, -0.15) is 22.0 Å². The number of carbonyl (C=O) groups is 1. The van der Waals surface area contributed by atoms with Gasteiger partial charge in [-0.25, -0.2) is 4.39 Å². The van der Waals surface area contributed by atoms with Gasteiger partial charge in [0, 0.05) is 25.3 Å². The molecule has 0 aromatic heterocycles. The molecule has 0 radical (unpaired) electrons. The lowest BCUT2D eigenvalue weighted by Crippen LogP contribution is -2.64. The second kappa shape index (κ2) is 6.97. The summed E-state index contributed by atoms with van der Waals surface area (Å²) in [6, 6.07) is 4.56. The second-order valence-corrected chi connectivity index (χ2v) is 6.88. The van der Waals surface area contributed by atoms with E-state index in [0.29, 0.717) is 0 Å². The Morgan fingerprint density at radius 1 is 1.07 bits per heavy atom. The molecule has 27 heavy (non-hydrogen) atoms. The van der Waals surface area contributed by atoms with E-state index in [-0.39, 0.29) is 44.7 Å². The molecule has 1 aromatic rings. The molecule has 2 saturated heterocycles. The highest BCUT2D eigenvalue weighted by molar-refractivity contribution is 5.98. The minimum Gasteiger partial charge on any atom is -0.304 e. The number of hydrogen-bond acceptors (Lipinski definition) is 3. The summed E-state index contributed by atoms with van der Waals surface area (Å²) in [5, 5.41) is 0. The van der Waals surface area contributed by atoms with Crippen LogP contribution in [0.3, 0.4) is 0 Å². The van der Waals surface area contributed by atoms with Crippen LogP contribution in [-0.2, 0) is 9.53 Å². The lowest BCUT2D eigenvalue weighted by Gasteiger charge is -2.48. The maximum atomic E-state index is 14.2. The smallest absolute Gasteiger partial charge is 0.304 e. The normalized spacial score (nSPS) is 23.0. The first kappa shape index (κ1) is 19.9. The fraction of sp³-hybridized carbons (Fsp3) is 0.588. The third-order valence-corrected chi connectivity index (χ3v) is 4.90. The molecule has 2 heterocycles.